The summed E-state index contributed by atoms with van der Waals surface area (Å²) in [6, 6.07) is 15.2. The molecule has 0 fully saturated rings. The van der Waals surface area contributed by atoms with Gasteiger partial charge < -0.3 is 10.6 Å². The molecule has 2 heteroatoms. The van der Waals surface area contributed by atoms with E-state index in [9.17, 15) is 0 Å². The second kappa shape index (κ2) is 6.53. The third-order valence-corrected chi connectivity index (χ3v) is 3.47. The first-order valence-corrected chi connectivity index (χ1v) is 6.74. The summed E-state index contributed by atoms with van der Waals surface area (Å²) in [5.74, 6) is 0. The molecule has 0 aliphatic carbocycles. The largest absolute Gasteiger partial charge is 0.329 e. The van der Waals surface area contributed by atoms with Crippen LogP contribution in [0.5, 0.6) is 0 Å². The van der Waals surface area contributed by atoms with E-state index >= 15 is 0 Å². The van der Waals surface area contributed by atoms with Crippen LogP contribution < -0.4 is 5.73 Å². The molecule has 0 aliphatic rings. The molecule has 0 amide bonds. The van der Waals surface area contributed by atoms with Gasteiger partial charge in [-0.05, 0) is 29.3 Å². The molecule has 2 rings (SSSR count). The van der Waals surface area contributed by atoms with Gasteiger partial charge in [0.15, 0.2) is 0 Å². The van der Waals surface area contributed by atoms with E-state index in [1.54, 1.807) is 0 Å². The first-order chi connectivity index (χ1) is 8.85. The van der Waals surface area contributed by atoms with Crippen molar-refractivity contribution in [1.82, 2.24) is 4.90 Å². The Kier molecular flexibility index (Phi) is 4.73. The quantitative estimate of drug-likeness (QED) is 0.844. The lowest BCUT2D eigenvalue weighted by Crippen LogP contribution is -2.31. The fraction of sp³-hybridized carbons (Fsp3) is 0.375. The van der Waals surface area contributed by atoms with Gasteiger partial charge in [-0.25, -0.2) is 0 Å². The molecule has 0 unspecified atom stereocenters. The van der Waals surface area contributed by atoms with Crippen LogP contribution in [0, 0.1) is 0 Å². The predicted octanol–water partition coefficient (Wildman–Crippen LogP) is 2.66. The second-order valence-electron chi connectivity index (χ2n) is 4.61. The maximum atomic E-state index is 5.62. The Hall–Kier alpha value is -1.38. The van der Waals surface area contributed by atoms with E-state index in [4.69, 9.17) is 5.73 Å². The summed E-state index contributed by atoms with van der Waals surface area (Å²) < 4.78 is 0. The van der Waals surface area contributed by atoms with Crippen molar-refractivity contribution in [1.29, 1.82) is 0 Å². The number of nitrogens with two attached hydrogens (primary N) is 1. The molecule has 0 radical (unpaired) electrons. The fourth-order valence-electron chi connectivity index (χ4n) is 2.40. The Bertz CT molecular complexity index is 488. The van der Waals surface area contributed by atoms with Crippen molar-refractivity contribution in [2.45, 2.75) is 13.3 Å². The molecule has 0 bridgehead atoms. The number of likely N-dealkylation sites (N-methyl/N-ethyl adjacent to an activating group) is 1. The molecule has 2 N–H and O–H groups in total. The summed E-state index contributed by atoms with van der Waals surface area (Å²) >= 11 is 0. The third kappa shape index (κ3) is 3.09. The van der Waals surface area contributed by atoms with Crippen molar-refractivity contribution in [3.63, 3.8) is 0 Å². The van der Waals surface area contributed by atoms with Crippen molar-refractivity contribution in [3.05, 3.63) is 48.0 Å². The molecule has 2 aromatic rings. The molecule has 0 saturated carbocycles. The molecule has 18 heavy (non-hydrogen) atoms. The van der Waals surface area contributed by atoms with E-state index in [0.717, 1.165) is 32.6 Å². The van der Waals surface area contributed by atoms with Crippen LogP contribution in [0.3, 0.4) is 0 Å². The van der Waals surface area contributed by atoms with Crippen LogP contribution in [0.1, 0.15) is 12.5 Å². The van der Waals surface area contributed by atoms with Gasteiger partial charge in [0.2, 0.25) is 0 Å². The zero-order valence-corrected chi connectivity index (χ0v) is 11.1. The monoisotopic (exact) mass is 242 g/mol. The topological polar surface area (TPSA) is 29.3 Å². The van der Waals surface area contributed by atoms with Gasteiger partial charge in [0.05, 0.1) is 0 Å². The Morgan fingerprint density at radius 3 is 2.56 bits per heavy atom. The minimum Gasteiger partial charge on any atom is -0.329 e. The highest BCUT2D eigenvalue weighted by molar-refractivity contribution is 5.85. The molecule has 0 aromatic heterocycles. The molecule has 0 heterocycles. The number of rotatable bonds is 6. The maximum Gasteiger partial charge on any atom is 0.0105 e. The number of fused-ring (bicyclic) bond motifs is 1. The number of hydrogen-bond acceptors (Lipinski definition) is 2. The van der Waals surface area contributed by atoms with E-state index in [2.05, 4.69) is 54.3 Å². The van der Waals surface area contributed by atoms with Gasteiger partial charge in [0, 0.05) is 19.6 Å². The van der Waals surface area contributed by atoms with Crippen LogP contribution in [-0.2, 0) is 6.42 Å². The SMILES string of the molecule is CCN(CCN)CCc1cccc2ccccc12. The lowest BCUT2D eigenvalue weighted by molar-refractivity contribution is 0.300. The van der Waals surface area contributed by atoms with Gasteiger partial charge in [-0.3, -0.25) is 0 Å². The molecule has 0 spiro atoms. The van der Waals surface area contributed by atoms with Crippen molar-refractivity contribution >= 4 is 10.8 Å². The molecule has 2 nitrogen and oxygen atoms in total. The van der Waals surface area contributed by atoms with Crippen LogP contribution in [0.2, 0.25) is 0 Å². The average molecular weight is 242 g/mol. The summed E-state index contributed by atoms with van der Waals surface area (Å²) in [7, 11) is 0. The smallest absolute Gasteiger partial charge is 0.0105 e. The summed E-state index contributed by atoms with van der Waals surface area (Å²) in [6.07, 6.45) is 1.09. The Morgan fingerprint density at radius 2 is 1.78 bits per heavy atom. The summed E-state index contributed by atoms with van der Waals surface area (Å²) in [6.45, 7) is 6.08. The predicted molar refractivity (Wildman–Crippen MR) is 78.8 cm³/mol. The number of nitrogens with zero attached hydrogens (tertiary/aromatic N) is 1. The highest BCUT2D eigenvalue weighted by atomic mass is 15.1. The normalized spacial score (nSPS) is 11.3. The molecule has 0 aliphatic heterocycles. The Balaban J connectivity index is 2.11. The van der Waals surface area contributed by atoms with Crippen molar-refractivity contribution in [2.75, 3.05) is 26.2 Å². The Labute approximate surface area is 109 Å². The molecular weight excluding hydrogens is 220 g/mol. The highest BCUT2D eigenvalue weighted by Crippen LogP contribution is 2.18. The number of hydrogen-bond donors (Lipinski definition) is 1. The Morgan fingerprint density at radius 1 is 1.00 bits per heavy atom. The lowest BCUT2D eigenvalue weighted by atomic mass is 10.0. The van der Waals surface area contributed by atoms with Crippen LogP contribution in [-0.4, -0.2) is 31.1 Å². The summed E-state index contributed by atoms with van der Waals surface area (Å²) in [4.78, 5) is 2.40. The van der Waals surface area contributed by atoms with Crippen molar-refractivity contribution in [3.8, 4) is 0 Å². The van der Waals surface area contributed by atoms with E-state index in [0.29, 0.717) is 0 Å². The van der Waals surface area contributed by atoms with Gasteiger partial charge in [0.1, 0.15) is 0 Å². The van der Waals surface area contributed by atoms with Crippen LogP contribution in [0.4, 0.5) is 0 Å². The highest BCUT2D eigenvalue weighted by Gasteiger charge is 2.04. The van der Waals surface area contributed by atoms with Crippen LogP contribution >= 0.6 is 0 Å². The molecular formula is C16H22N2. The molecule has 0 atom stereocenters. The van der Waals surface area contributed by atoms with Gasteiger partial charge in [-0.1, -0.05) is 49.4 Å². The fourth-order valence-corrected chi connectivity index (χ4v) is 2.40. The zero-order chi connectivity index (χ0) is 12.8. The van der Waals surface area contributed by atoms with Crippen LogP contribution in [0.15, 0.2) is 42.5 Å². The van der Waals surface area contributed by atoms with Gasteiger partial charge in [-0.2, -0.15) is 0 Å². The van der Waals surface area contributed by atoms with Gasteiger partial charge in [0.25, 0.3) is 0 Å². The van der Waals surface area contributed by atoms with E-state index in [1.807, 2.05) is 0 Å². The second-order valence-corrected chi connectivity index (χ2v) is 4.61. The number of benzene rings is 2. The minimum absolute atomic E-state index is 0.739. The van der Waals surface area contributed by atoms with E-state index < -0.39 is 0 Å². The first kappa shape index (κ1) is 13.1. The van der Waals surface area contributed by atoms with Gasteiger partial charge >= 0.3 is 0 Å². The van der Waals surface area contributed by atoms with Crippen molar-refractivity contribution in [2.24, 2.45) is 5.73 Å². The zero-order valence-electron chi connectivity index (χ0n) is 11.1. The van der Waals surface area contributed by atoms with Gasteiger partial charge in [-0.15, -0.1) is 0 Å². The minimum atomic E-state index is 0.739. The molecule has 2 aromatic carbocycles. The summed E-state index contributed by atoms with van der Waals surface area (Å²) in [5, 5.41) is 2.71. The summed E-state index contributed by atoms with van der Waals surface area (Å²) in [5.41, 5.74) is 7.06. The molecule has 96 valence electrons. The lowest BCUT2D eigenvalue weighted by Gasteiger charge is -2.19. The molecule has 0 saturated heterocycles. The average Bonchev–Trinajstić information content (AvgIpc) is 2.43. The van der Waals surface area contributed by atoms with E-state index in [-0.39, 0.29) is 0 Å². The third-order valence-electron chi connectivity index (χ3n) is 3.47. The van der Waals surface area contributed by atoms with E-state index in [1.165, 1.54) is 16.3 Å². The van der Waals surface area contributed by atoms with Crippen LogP contribution in [0.25, 0.3) is 10.8 Å². The standard InChI is InChI=1S/C16H22N2/c1-2-18(13-11-17)12-10-15-8-5-7-14-6-3-4-9-16(14)15/h3-9H,2,10-13,17H2,1H3. The maximum absolute atomic E-state index is 5.62. The van der Waals surface area contributed by atoms with Crippen molar-refractivity contribution < 1.29 is 0 Å². The first-order valence-electron chi connectivity index (χ1n) is 6.74.